The summed E-state index contributed by atoms with van der Waals surface area (Å²) in [6.45, 7) is 1.63. The van der Waals surface area contributed by atoms with Crippen molar-refractivity contribution >= 4 is 17.5 Å². The Morgan fingerprint density at radius 2 is 2.08 bits per heavy atom. The zero-order valence-corrected chi connectivity index (χ0v) is 14.3. The highest BCUT2D eigenvalue weighted by atomic mass is 35.5. The normalized spacial score (nSPS) is 11.8. The van der Waals surface area contributed by atoms with E-state index in [0.29, 0.717) is 11.4 Å². The minimum atomic E-state index is -0.656. The first-order valence-electron chi connectivity index (χ1n) is 7.57. The topological polar surface area (TPSA) is 101 Å². The number of carbonyl (C=O) groups is 1. The fourth-order valence-corrected chi connectivity index (χ4v) is 2.47. The van der Waals surface area contributed by atoms with Gasteiger partial charge in [-0.05, 0) is 31.2 Å². The lowest BCUT2D eigenvalue weighted by atomic mass is 10.2. The molecule has 2 N–H and O–H groups in total. The van der Waals surface area contributed by atoms with Gasteiger partial charge in [0.2, 0.25) is 0 Å². The second-order valence-corrected chi connectivity index (χ2v) is 5.84. The Bertz CT molecular complexity index is 1010. The van der Waals surface area contributed by atoms with Gasteiger partial charge in [-0.25, -0.2) is 19.3 Å². The number of hydrogen-bond donors (Lipinski definition) is 2. The summed E-state index contributed by atoms with van der Waals surface area (Å²) in [7, 11) is 0. The number of benzene rings is 1. The maximum absolute atomic E-state index is 13.4. The molecule has 0 aliphatic heterocycles. The Balaban J connectivity index is 1.87. The zero-order valence-electron chi connectivity index (χ0n) is 13.5. The molecule has 0 bridgehead atoms. The van der Waals surface area contributed by atoms with Gasteiger partial charge in [-0.1, -0.05) is 11.6 Å². The third-order valence-electron chi connectivity index (χ3n) is 3.54. The summed E-state index contributed by atoms with van der Waals surface area (Å²) in [5.41, 5.74) is 0.413. The minimum absolute atomic E-state index is 0.00665. The molecule has 1 aromatic carbocycles. The summed E-state index contributed by atoms with van der Waals surface area (Å²) in [6, 6.07) is 5.75. The van der Waals surface area contributed by atoms with Crippen LogP contribution < -0.4 is 10.9 Å². The van der Waals surface area contributed by atoms with Crippen LogP contribution in [0.25, 0.3) is 11.4 Å². The van der Waals surface area contributed by atoms with Crippen LogP contribution in [0.4, 0.5) is 4.39 Å². The van der Waals surface area contributed by atoms with Crippen molar-refractivity contribution in [1.29, 1.82) is 0 Å². The number of aromatic nitrogens is 4. The molecule has 0 fully saturated rings. The molecule has 3 rings (SSSR count). The molecule has 1 atom stereocenters. The van der Waals surface area contributed by atoms with Crippen molar-refractivity contribution < 1.29 is 9.18 Å². The third kappa shape index (κ3) is 3.92. The number of halogens is 2. The Kier molecular flexibility index (Phi) is 5.04. The van der Waals surface area contributed by atoms with Gasteiger partial charge in [0.1, 0.15) is 18.0 Å². The van der Waals surface area contributed by atoms with E-state index in [1.807, 2.05) is 0 Å². The van der Waals surface area contributed by atoms with Gasteiger partial charge in [-0.2, -0.15) is 0 Å². The van der Waals surface area contributed by atoms with E-state index in [-0.39, 0.29) is 16.4 Å². The molecule has 1 unspecified atom stereocenters. The molecule has 1 amide bonds. The first-order chi connectivity index (χ1) is 12.4. The molecule has 0 aliphatic rings. The van der Waals surface area contributed by atoms with Crippen molar-refractivity contribution in [3.8, 4) is 11.4 Å². The number of hydrogen-bond acceptors (Lipinski definition) is 5. The van der Waals surface area contributed by atoms with Gasteiger partial charge in [0.05, 0.1) is 28.0 Å². The number of nitrogens with zero attached hydrogens (tertiary/aromatic N) is 3. The molecule has 0 radical (unpaired) electrons. The SMILES string of the molecule is CC(NC(=O)c1cc(F)ccc1Cl)c1nc(-c2ccncn2)cc(=O)[nH]1. The summed E-state index contributed by atoms with van der Waals surface area (Å²) >= 11 is 5.94. The summed E-state index contributed by atoms with van der Waals surface area (Å²) in [5, 5.41) is 2.75. The Labute approximate surface area is 152 Å². The van der Waals surface area contributed by atoms with Gasteiger partial charge in [0.15, 0.2) is 0 Å². The maximum Gasteiger partial charge on any atom is 0.253 e. The summed E-state index contributed by atoms with van der Waals surface area (Å²) in [4.78, 5) is 39.0. The van der Waals surface area contributed by atoms with E-state index in [2.05, 4.69) is 25.3 Å². The molecule has 132 valence electrons. The molecule has 0 saturated carbocycles. The first-order valence-corrected chi connectivity index (χ1v) is 7.95. The Morgan fingerprint density at radius 3 is 2.81 bits per heavy atom. The van der Waals surface area contributed by atoms with Crippen molar-refractivity contribution in [3.05, 3.63) is 75.4 Å². The van der Waals surface area contributed by atoms with E-state index in [1.165, 1.54) is 24.7 Å². The largest absolute Gasteiger partial charge is 0.342 e. The van der Waals surface area contributed by atoms with E-state index >= 15 is 0 Å². The summed E-state index contributed by atoms with van der Waals surface area (Å²) in [5.74, 6) is -0.937. The second kappa shape index (κ2) is 7.40. The van der Waals surface area contributed by atoms with E-state index in [9.17, 15) is 14.0 Å². The van der Waals surface area contributed by atoms with Crippen LogP contribution in [0.1, 0.15) is 29.1 Å². The lowest BCUT2D eigenvalue weighted by molar-refractivity contribution is 0.0938. The number of aromatic amines is 1. The highest BCUT2D eigenvalue weighted by molar-refractivity contribution is 6.33. The van der Waals surface area contributed by atoms with Crippen molar-refractivity contribution in [3.63, 3.8) is 0 Å². The monoisotopic (exact) mass is 373 g/mol. The summed E-state index contributed by atoms with van der Waals surface area (Å²) < 4.78 is 13.4. The molecular formula is C17H13ClFN5O2. The highest BCUT2D eigenvalue weighted by Crippen LogP contribution is 2.19. The number of H-pyrrole nitrogens is 1. The Morgan fingerprint density at radius 1 is 1.27 bits per heavy atom. The molecule has 7 nitrogen and oxygen atoms in total. The lowest BCUT2D eigenvalue weighted by Crippen LogP contribution is -2.29. The van der Waals surface area contributed by atoms with Gasteiger partial charge in [-0.3, -0.25) is 9.59 Å². The predicted molar refractivity (Wildman–Crippen MR) is 93.2 cm³/mol. The molecule has 3 aromatic rings. The number of carbonyl (C=O) groups excluding carboxylic acids is 1. The van der Waals surface area contributed by atoms with Gasteiger partial charge in [-0.15, -0.1) is 0 Å². The lowest BCUT2D eigenvalue weighted by Gasteiger charge is -2.14. The van der Waals surface area contributed by atoms with Gasteiger partial charge >= 0.3 is 0 Å². The quantitative estimate of drug-likeness (QED) is 0.731. The van der Waals surface area contributed by atoms with Crippen molar-refractivity contribution in [1.82, 2.24) is 25.3 Å². The molecular weight excluding hydrogens is 361 g/mol. The minimum Gasteiger partial charge on any atom is -0.342 e. The number of nitrogens with one attached hydrogen (secondary N) is 2. The molecule has 2 heterocycles. The van der Waals surface area contributed by atoms with Crippen LogP contribution in [-0.2, 0) is 0 Å². The zero-order chi connectivity index (χ0) is 18.7. The number of rotatable bonds is 4. The van der Waals surface area contributed by atoms with Crippen LogP contribution in [-0.4, -0.2) is 25.8 Å². The first kappa shape index (κ1) is 17.7. The second-order valence-electron chi connectivity index (χ2n) is 5.43. The standard InChI is InChI=1S/C17H13ClFN5O2/c1-9(22-17(26)11-6-10(19)2-3-12(11)18)16-23-14(7-15(25)24-16)13-4-5-20-8-21-13/h2-9H,1H3,(H,22,26)(H,23,24,25). The van der Waals surface area contributed by atoms with Crippen LogP contribution in [0.15, 0.2) is 47.7 Å². The smallest absolute Gasteiger partial charge is 0.253 e. The average molecular weight is 374 g/mol. The fourth-order valence-electron chi connectivity index (χ4n) is 2.27. The van der Waals surface area contributed by atoms with Crippen LogP contribution >= 0.6 is 11.6 Å². The molecule has 0 aliphatic carbocycles. The van der Waals surface area contributed by atoms with E-state index < -0.39 is 23.3 Å². The van der Waals surface area contributed by atoms with E-state index in [0.717, 1.165) is 12.1 Å². The molecule has 2 aromatic heterocycles. The molecule has 9 heteroatoms. The Hall–Kier alpha value is -3.13. The maximum atomic E-state index is 13.4. The molecule has 0 saturated heterocycles. The van der Waals surface area contributed by atoms with Crippen molar-refractivity contribution in [2.75, 3.05) is 0 Å². The van der Waals surface area contributed by atoms with Crippen LogP contribution in [0.2, 0.25) is 5.02 Å². The third-order valence-corrected chi connectivity index (χ3v) is 3.86. The molecule has 26 heavy (non-hydrogen) atoms. The van der Waals surface area contributed by atoms with E-state index in [4.69, 9.17) is 11.6 Å². The van der Waals surface area contributed by atoms with Crippen molar-refractivity contribution in [2.24, 2.45) is 0 Å². The highest BCUT2D eigenvalue weighted by Gasteiger charge is 2.17. The average Bonchev–Trinajstić information content (AvgIpc) is 2.63. The van der Waals surface area contributed by atoms with Crippen LogP contribution in [0.3, 0.4) is 0 Å². The van der Waals surface area contributed by atoms with Gasteiger partial charge < -0.3 is 10.3 Å². The van der Waals surface area contributed by atoms with E-state index in [1.54, 1.807) is 13.0 Å². The van der Waals surface area contributed by atoms with Crippen molar-refractivity contribution in [2.45, 2.75) is 13.0 Å². The fraction of sp³-hybridized carbons (Fsp3) is 0.118. The predicted octanol–water partition coefficient (Wildman–Crippen LogP) is 2.51. The molecule has 0 spiro atoms. The van der Waals surface area contributed by atoms with Gasteiger partial charge in [0.25, 0.3) is 11.5 Å². The van der Waals surface area contributed by atoms with Gasteiger partial charge in [0, 0.05) is 12.3 Å². The number of amides is 1. The van der Waals surface area contributed by atoms with Crippen LogP contribution in [0.5, 0.6) is 0 Å². The van der Waals surface area contributed by atoms with Crippen LogP contribution in [0, 0.1) is 5.82 Å². The summed E-state index contributed by atoms with van der Waals surface area (Å²) in [6.07, 6.45) is 2.87.